The average Bonchev–Trinajstić information content (AvgIpc) is 3.17. The maximum absolute atomic E-state index is 13.1. The summed E-state index contributed by atoms with van der Waals surface area (Å²) >= 11 is 6.55. The third-order valence-electron chi connectivity index (χ3n) is 5.90. The SMILES string of the molecule is COc1ccccc1N1CCN(c2cnn(-c3nc4ccccc4n3C)c(=O)c2Cl)CC1. The summed E-state index contributed by atoms with van der Waals surface area (Å²) in [5.41, 5.74) is 3.05. The Bertz CT molecular complexity index is 1340. The molecule has 0 radical (unpaired) electrons. The maximum atomic E-state index is 13.1. The van der Waals surface area contributed by atoms with Gasteiger partial charge in [-0.1, -0.05) is 35.9 Å². The van der Waals surface area contributed by atoms with Crippen molar-refractivity contribution in [3.8, 4) is 11.7 Å². The second-order valence-electron chi connectivity index (χ2n) is 7.67. The number of methoxy groups -OCH3 is 1. The number of imidazole rings is 1. The van der Waals surface area contributed by atoms with Crippen molar-refractivity contribution >= 4 is 34.0 Å². The number of hydrogen-bond donors (Lipinski definition) is 0. The van der Waals surface area contributed by atoms with Crippen LogP contribution in [0.3, 0.4) is 0 Å². The van der Waals surface area contributed by atoms with Gasteiger partial charge in [-0.25, -0.2) is 4.98 Å². The van der Waals surface area contributed by atoms with E-state index in [2.05, 4.69) is 25.9 Å². The summed E-state index contributed by atoms with van der Waals surface area (Å²) in [4.78, 5) is 22.0. The van der Waals surface area contributed by atoms with Crippen LogP contribution in [-0.2, 0) is 7.05 Å². The lowest BCUT2D eigenvalue weighted by molar-refractivity contribution is 0.413. The third kappa shape index (κ3) is 3.36. The van der Waals surface area contributed by atoms with E-state index in [1.54, 1.807) is 13.3 Å². The Morgan fingerprint density at radius 1 is 0.938 bits per heavy atom. The lowest BCUT2D eigenvalue weighted by Crippen LogP contribution is -2.47. The van der Waals surface area contributed by atoms with Crippen molar-refractivity contribution < 1.29 is 4.74 Å². The van der Waals surface area contributed by atoms with E-state index in [9.17, 15) is 4.79 Å². The summed E-state index contributed by atoms with van der Waals surface area (Å²) in [6, 6.07) is 15.7. The number of aromatic nitrogens is 4. The van der Waals surface area contributed by atoms with Crippen molar-refractivity contribution in [3.63, 3.8) is 0 Å². The van der Waals surface area contributed by atoms with Gasteiger partial charge in [0.25, 0.3) is 5.56 Å². The highest BCUT2D eigenvalue weighted by atomic mass is 35.5. The van der Waals surface area contributed by atoms with Crippen molar-refractivity contribution in [1.29, 1.82) is 0 Å². The molecule has 9 heteroatoms. The molecule has 0 amide bonds. The van der Waals surface area contributed by atoms with E-state index >= 15 is 0 Å². The summed E-state index contributed by atoms with van der Waals surface area (Å²) in [5, 5.41) is 4.56. The molecule has 4 aromatic rings. The van der Waals surface area contributed by atoms with Gasteiger partial charge < -0.3 is 19.1 Å². The Labute approximate surface area is 190 Å². The zero-order valence-electron chi connectivity index (χ0n) is 17.9. The van der Waals surface area contributed by atoms with Crippen LogP contribution in [-0.4, -0.2) is 52.6 Å². The van der Waals surface area contributed by atoms with Crippen molar-refractivity contribution in [1.82, 2.24) is 19.3 Å². The number of hydrogen-bond acceptors (Lipinski definition) is 6. The molecule has 0 N–H and O–H groups in total. The second kappa shape index (κ2) is 8.20. The van der Waals surface area contributed by atoms with E-state index in [1.165, 1.54) is 4.68 Å². The number of nitrogens with zero attached hydrogens (tertiary/aromatic N) is 6. The number of ether oxygens (including phenoxy) is 1. The highest BCUT2D eigenvalue weighted by Gasteiger charge is 2.24. The van der Waals surface area contributed by atoms with E-state index < -0.39 is 0 Å². The van der Waals surface area contributed by atoms with Crippen LogP contribution < -0.4 is 20.1 Å². The van der Waals surface area contributed by atoms with Crippen molar-refractivity contribution in [2.45, 2.75) is 0 Å². The number of piperazine rings is 1. The topological polar surface area (TPSA) is 68.4 Å². The van der Waals surface area contributed by atoms with Crippen LogP contribution in [0.2, 0.25) is 5.02 Å². The molecule has 2 aromatic carbocycles. The van der Waals surface area contributed by atoms with Crippen molar-refractivity contribution in [3.05, 3.63) is 70.1 Å². The van der Waals surface area contributed by atoms with Gasteiger partial charge in [-0.05, 0) is 24.3 Å². The monoisotopic (exact) mass is 450 g/mol. The van der Waals surface area contributed by atoms with Gasteiger partial charge in [-0.3, -0.25) is 4.79 Å². The van der Waals surface area contributed by atoms with Crippen LogP contribution >= 0.6 is 11.6 Å². The van der Waals surface area contributed by atoms with E-state index in [1.807, 2.05) is 54.1 Å². The number of halogens is 1. The average molecular weight is 451 g/mol. The zero-order chi connectivity index (χ0) is 22.2. The number of aryl methyl sites for hydroxylation is 1. The predicted octanol–water partition coefficient (Wildman–Crippen LogP) is 3.11. The lowest BCUT2D eigenvalue weighted by Gasteiger charge is -2.37. The molecular formula is C23H23ClN6O2. The Hall–Kier alpha value is -3.52. The second-order valence-corrected chi connectivity index (χ2v) is 8.04. The van der Waals surface area contributed by atoms with Gasteiger partial charge in [0.05, 0.1) is 35.7 Å². The Kier molecular flexibility index (Phi) is 5.22. The fourth-order valence-electron chi connectivity index (χ4n) is 4.19. The molecule has 8 nitrogen and oxygen atoms in total. The molecule has 1 fully saturated rings. The first-order chi connectivity index (χ1) is 15.6. The smallest absolute Gasteiger partial charge is 0.295 e. The highest BCUT2D eigenvalue weighted by Crippen LogP contribution is 2.30. The lowest BCUT2D eigenvalue weighted by atomic mass is 10.2. The zero-order valence-corrected chi connectivity index (χ0v) is 18.7. The van der Waals surface area contributed by atoms with Gasteiger partial charge in [0, 0.05) is 33.2 Å². The summed E-state index contributed by atoms with van der Waals surface area (Å²) in [6.45, 7) is 3.00. The van der Waals surface area contributed by atoms with Crippen LogP contribution in [0.5, 0.6) is 5.75 Å². The summed E-state index contributed by atoms with van der Waals surface area (Å²) in [5.74, 6) is 1.29. The molecule has 0 spiro atoms. The quantitative estimate of drug-likeness (QED) is 0.476. The normalized spacial score (nSPS) is 14.2. The minimum absolute atomic E-state index is 0.151. The molecule has 0 unspecified atom stereocenters. The van der Waals surface area contributed by atoms with Crippen molar-refractivity contribution in [2.75, 3.05) is 43.1 Å². The number of anilines is 2. The van der Waals surface area contributed by atoms with E-state index in [0.29, 0.717) is 11.6 Å². The molecule has 0 aliphatic carbocycles. The largest absolute Gasteiger partial charge is 0.495 e. The molecule has 32 heavy (non-hydrogen) atoms. The van der Waals surface area contributed by atoms with Gasteiger partial charge >= 0.3 is 0 Å². The number of rotatable bonds is 4. The van der Waals surface area contributed by atoms with Gasteiger partial charge in [0.15, 0.2) is 0 Å². The number of benzene rings is 2. The Balaban J connectivity index is 1.41. The fraction of sp³-hybridized carbons (Fsp3) is 0.261. The van der Waals surface area contributed by atoms with Crippen LogP contribution in [0.4, 0.5) is 11.4 Å². The molecule has 1 saturated heterocycles. The molecule has 1 aliphatic rings. The molecule has 3 heterocycles. The van der Waals surface area contributed by atoms with E-state index in [0.717, 1.165) is 48.6 Å². The first-order valence-electron chi connectivity index (χ1n) is 10.4. The fourth-order valence-corrected chi connectivity index (χ4v) is 4.44. The standard InChI is InChI=1S/C23H23ClN6O2/c1-27-17-8-4-3-7-16(17)26-23(27)30-22(31)21(24)19(15-25-30)29-13-11-28(12-14-29)18-9-5-6-10-20(18)32-2/h3-10,15H,11-14H2,1-2H3. The minimum Gasteiger partial charge on any atom is -0.495 e. The van der Waals surface area contributed by atoms with Crippen LogP contribution in [0.15, 0.2) is 59.5 Å². The molecule has 5 rings (SSSR count). The highest BCUT2D eigenvalue weighted by molar-refractivity contribution is 6.33. The molecule has 164 valence electrons. The van der Waals surface area contributed by atoms with Gasteiger partial charge in [0.2, 0.25) is 5.95 Å². The molecular weight excluding hydrogens is 428 g/mol. The number of para-hydroxylation sites is 4. The molecule has 0 saturated carbocycles. The molecule has 0 atom stereocenters. The first kappa shape index (κ1) is 20.4. The Morgan fingerprint density at radius 3 is 2.31 bits per heavy atom. The van der Waals surface area contributed by atoms with Gasteiger partial charge in [0.1, 0.15) is 10.8 Å². The summed E-state index contributed by atoms with van der Waals surface area (Å²) in [7, 11) is 3.54. The maximum Gasteiger partial charge on any atom is 0.295 e. The van der Waals surface area contributed by atoms with Gasteiger partial charge in [-0.2, -0.15) is 9.78 Å². The molecule has 2 aromatic heterocycles. The van der Waals surface area contributed by atoms with Crippen LogP contribution in [0, 0.1) is 0 Å². The van der Waals surface area contributed by atoms with E-state index in [-0.39, 0.29) is 10.6 Å². The van der Waals surface area contributed by atoms with Crippen molar-refractivity contribution in [2.24, 2.45) is 7.05 Å². The number of fused-ring (bicyclic) bond motifs is 1. The first-order valence-corrected chi connectivity index (χ1v) is 10.8. The van der Waals surface area contributed by atoms with Crippen LogP contribution in [0.25, 0.3) is 17.0 Å². The molecule has 0 bridgehead atoms. The minimum atomic E-state index is -0.380. The summed E-state index contributed by atoms with van der Waals surface area (Å²) in [6.07, 6.45) is 1.65. The molecule has 1 aliphatic heterocycles. The third-order valence-corrected chi connectivity index (χ3v) is 6.25. The van der Waals surface area contributed by atoms with Crippen LogP contribution in [0.1, 0.15) is 0 Å². The Morgan fingerprint density at radius 2 is 1.59 bits per heavy atom. The predicted molar refractivity (Wildman–Crippen MR) is 127 cm³/mol. The van der Waals surface area contributed by atoms with Gasteiger partial charge in [-0.15, -0.1) is 0 Å². The van der Waals surface area contributed by atoms with E-state index in [4.69, 9.17) is 16.3 Å². The summed E-state index contributed by atoms with van der Waals surface area (Å²) < 4.78 is 8.59.